The average molecular weight is 242 g/mol. The number of benzene rings is 1. The molecule has 2 rings (SSSR count). The highest BCUT2D eigenvalue weighted by Crippen LogP contribution is 2.23. The van der Waals surface area contributed by atoms with Crippen LogP contribution in [0.15, 0.2) is 22.8 Å². The number of nitrogens with one attached hydrogen (secondary N) is 1. The second-order valence-electron chi connectivity index (χ2n) is 2.66. The zero-order chi connectivity index (χ0) is 9.26. The van der Waals surface area contributed by atoms with Crippen LogP contribution in [0.3, 0.4) is 0 Å². The molecule has 0 saturated heterocycles. The van der Waals surface area contributed by atoms with Crippen molar-refractivity contribution in [1.29, 1.82) is 0 Å². The Labute approximate surface area is 83.2 Å². The van der Waals surface area contributed by atoms with Crippen LogP contribution in [0.4, 0.5) is 0 Å². The zero-order valence-corrected chi connectivity index (χ0v) is 8.34. The van der Waals surface area contributed by atoms with Gasteiger partial charge in [0.05, 0.1) is 12.1 Å². The lowest BCUT2D eigenvalue weighted by atomic mass is 10.1. The first kappa shape index (κ1) is 8.68. The van der Waals surface area contributed by atoms with Crippen molar-refractivity contribution < 1.29 is 4.84 Å². The molecule has 0 saturated carbocycles. The summed E-state index contributed by atoms with van der Waals surface area (Å²) < 4.78 is 0.876. The summed E-state index contributed by atoms with van der Waals surface area (Å²) in [6, 6.07) is 5.85. The van der Waals surface area contributed by atoms with Crippen molar-refractivity contribution in [3.63, 3.8) is 0 Å². The molecule has 3 N–H and O–H groups in total. The topological polar surface area (TPSA) is 63.9 Å². The molecule has 0 bridgehead atoms. The SMILES string of the molecule is NOCc1cccc2c(Br)[nH]nc12. The first-order valence-electron chi connectivity index (χ1n) is 3.76. The van der Waals surface area contributed by atoms with Gasteiger partial charge in [-0.1, -0.05) is 18.2 Å². The van der Waals surface area contributed by atoms with Gasteiger partial charge in [0.1, 0.15) is 4.60 Å². The molecule has 2 aromatic rings. The molecule has 0 atom stereocenters. The van der Waals surface area contributed by atoms with Crippen LogP contribution in [-0.4, -0.2) is 10.2 Å². The van der Waals surface area contributed by atoms with Crippen molar-refractivity contribution in [2.45, 2.75) is 6.61 Å². The molecule has 0 unspecified atom stereocenters. The summed E-state index contributed by atoms with van der Waals surface area (Å²) in [5, 5.41) is 8.01. The van der Waals surface area contributed by atoms with Gasteiger partial charge in [-0.15, -0.1) is 0 Å². The minimum atomic E-state index is 0.370. The van der Waals surface area contributed by atoms with E-state index in [9.17, 15) is 0 Å². The number of para-hydroxylation sites is 1. The Morgan fingerprint density at radius 1 is 1.54 bits per heavy atom. The number of nitrogens with two attached hydrogens (primary N) is 1. The fourth-order valence-electron chi connectivity index (χ4n) is 1.27. The normalized spacial score (nSPS) is 10.9. The monoisotopic (exact) mass is 241 g/mol. The molecule has 1 aromatic heterocycles. The van der Waals surface area contributed by atoms with Gasteiger partial charge in [-0.05, 0) is 15.9 Å². The first-order valence-corrected chi connectivity index (χ1v) is 4.55. The minimum absolute atomic E-state index is 0.370. The molecule has 0 aliphatic carbocycles. The molecule has 0 spiro atoms. The lowest BCUT2D eigenvalue weighted by Gasteiger charge is -1.98. The second-order valence-corrected chi connectivity index (χ2v) is 3.45. The van der Waals surface area contributed by atoms with Crippen molar-refractivity contribution in [1.82, 2.24) is 10.2 Å². The molecule has 0 aliphatic heterocycles. The lowest BCUT2D eigenvalue weighted by molar-refractivity contribution is 0.125. The molecule has 1 heterocycles. The molecule has 0 fully saturated rings. The van der Waals surface area contributed by atoms with Gasteiger partial charge in [0.15, 0.2) is 0 Å². The van der Waals surface area contributed by atoms with E-state index in [2.05, 4.69) is 31.0 Å². The van der Waals surface area contributed by atoms with Gasteiger partial charge in [-0.3, -0.25) is 9.94 Å². The minimum Gasteiger partial charge on any atom is -0.300 e. The average Bonchev–Trinajstić information content (AvgIpc) is 2.50. The number of rotatable bonds is 2. The van der Waals surface area contributed by atoms with E-state index in [1.54, 1.807) is 0 Å². The predicted octanol–water partition coefficient (Wildman–Crippen LogP) is 1.72. The van der Waals surface area contributed by atoms with Crippen molar-refractivity contribution in [2.24, 2.45) is 5.90 Å². The number of aromatic nitrogens is 2. The molecule has 1 aromatic carbocycles. The van der Waals surface area contributed by atoms with E-state index in [-0.39, 0.29) is 0 Å². The van der Waals surface area contributed by atoms with Crippen molar-refractivity contribution in [2.75, 3.05) is 0 Å². The van der Waals surface area contributed by atoms with Gasteiger partial charge in [-0.2, -0.15) is 5.10 Å². The number of halogens is 1. The fraction of sp³-hybridized carbons (Fsp3) is 0.125. The van der Waals surface area contributed by atoms with E-state index in [0.29, 0.717) is 6.61 Å². The molecule has 0 aliphatic rings. The van der Waals surface area contributed by atoms with E-state index in [4.69, 9.17) is 5.90 Å². The number of hydrogen-bond acceptors (Lipinski definition) is 3. The zero-order valence-electron chi connectivity index (χ0n) is 6.75. The van der Waals surface area contributed by atoms with Gasteiger partial charge < -0.3 is 0 Å². The van der Waals surface area contributed by atoms with Gasteiger partial charge in [0.25, 0.3) is 0 Å². The van der Waals surface area contributed by atoms with Crippen LogP contribution in [0.5, 0.6) is 0 Å². The largest absolute Gasteiger partial charge is 0.300 e. The predicted molar refractivity (Wildman–Crippen MR) is 52.8 cm³/mol. The fourth-order valence-corrected chi connectivity index (χ4v) is 1.68. The van der Waals surface area contributed by atoms with Crippen LogP contribution < -0.4 is 5.90 Å². The second kappa shape index (κ2) is 3.45. The van der Waals surface area contributed by atoms with E-state index in [1.807, 2.05) is 18.2 Å². The molecule has 5 heteroatoms. The maximum absolute atomic E-state index is 5.01. The summed E-state index contributed by atoms with van der Waals surface area (Å²) in [4.78, 5) is 4.58. The van der Waals surface area contributed by atoms with Gasteiger partial charge in [-0.25, -0.2) is 5.90 Å². The Morgan fingerprint density at radius 3 is 3.15 bits per heavy atom. The number of aromatic amines is 1. The van der Waals surface area contributed by atoms with Crippen molar-refractivity contribution in [3.8, 4) is 0 Å². The third kappa shape index (κ3) is 1.46. The van der Waals surface area contributed by atoms with E-state index in [1.165, 1.54) is 0 Å². The molecule has 13 heavy (non-hydrogen) atoms. The Balaban J connectivity index is 2.63. The molecule has 0 amide bonds. The summed E-state index contributed by atoms with van der Waals surface area (Å²) in [5.74, 6) is 5.01. The summed E-state index contributed by atoms with van der Waals surface area (Å²) >= 11 is 3.36. The summed E-state index contributed by atoms with van der Waals surface area (Å²) in [7, 11) is 0. The maximum atomic E-state index is 5.01. The Hall–Kier alpha value is -0.910. The van der Waals surface area contributed by atoms with E-state index >= 15 is 0 Å². The smallest absolute Gasteiger partial charge is 0.108 e. The Bertz CT molecular complexity index is 426. The van der Waals surface area contributed by atoms with E-state index in [0.717, 1.165) is 21.1 Å². The highest BCUT2D eigenvalue weighted by atomic mass is 79.9. The highest BCUT2D eigenvalue weighted by molar-refractivity contribution is 9.10. The van der Waals surface area contributed by atoms with Crippen molar-refractivity contribution >= 4 is 26.8 Å². The van der Waals surface area contributed by atoms with Gasteiger partial charge in [0, 0.05) is 10.9 Å². The highest BCUT2D eigenvalue weighted by Gasteiger charge is 2.06. The van der Waals surface area contributed by atoms with Gasteiger partial charge >= 0.3 is 0 Å². The number of hydrogen-bond donors (Lipinski definition) is 2. The maximum Gasteiger partial charge on any atom is 0.108 e. The van der Waals surface area contributed by atoms with Gasteiger partial charge in [0.2, 0.25) is 0 Å². The van der Waals surface area contributed by atoms with Crippen LogP contribution >= 0.6 is 15.9 Å². The number of H-pyrrole nitrogens is 1. The van der Waals surface area contributed by atoms with Crippen LogP contribution in [0.1, 0.15) is 5.56 Å². The third-order valence-corrected chi connectivity index (χ3v) is 2.47. The quantitative estimate of drug-likeness (QED) is 0.788. The Morgan fingerprint density at radius 2 is 2.38 bits per heavy atom. The summed E-state index contributed by atoms with van der Waals surface area (Å²) in [6.45, 7) is 0.370. The number of nitrogens with zero attached hydrogens (tertiary/aromatic N) is 1. The van der Waals surface area contributed by atoms with Crippen LogP contribution in [0.2, 0.25) is 0 Å². The first-order chi connectivity index (χ1) is 6.33. The van der Waals surface area contributed by atoms with Crippen LogP contribution in [-0.2, 0) is 11.4 Å². The summed E-state index contributed by atoms with van der Waals surface area (Å²) in [5.41, 5.74) is 1.86. The Kier molecular flexibility index (Phi) is 2.30. The standard InChI is InChI=1S/C8H8BrN3O/c9-8-6-3-1-2-5(4-13-10)7(6)11-12-8/h1-3H,4,10H2,(H,11,12). The third-order valence-electron chi connectivity index (χ3n) is 1.86. The molecule has 0 radical (unpaired) electrons. The summed E-state index contributed by atoms with van der Waals surface area (Å²) in [6.07, 6.45) is 0. The molecule has 68 valence electrons. The van der Waals surface area contributed by atoms with Crippen LogP contribution in [0.25, 0.3) is 10.9 Å². The lowest BCUT2D eigenvalue weighted by Crippen LogP contribution is -1.99. The molecular weight excluding hydrogens is 234 g/mol. The van der Waals surface area contributed by atoms with E-state index < -0.39 is 0 Å². The van der Waals surface area contributed by atoms with Crippen LogP contribution in [0, 0.1) is 0 Å². The molecular formula is C8H8BrN3O. The number of fused-ring (bicyclic) bond motifs is 1. The van der Waals surface area contributed by atoms with Crippen molar-refractivity contribution in [3.05, 3.63) is 28.4 Å². The molecule has 4 nitrogen and oxygen atoms in total.